The third kappa shape index (κ3) is 4.86. The summed E-state index contributed by atoms with van der Waals surface area (Å²) in [5.41, 5.74) is 7.64. The summed E-state index contributed by atoms with van der Waals surface area (Å²) in [6, 6.07) is 16.6. The first-order chi connectivity index (χ1) is 19.0. The summed E-state index contributed by atoms with van der Waals surface area (Å²) in [5.74, 6) is 1.62. The van der Waals surface area contributed by atoms with E-state index in [1.165, 1.54) is 0 Å². The number of piperidine rings is 1. The first kappa shape index (κ1) is 24.4. The van der Waals surface area contributed by atoms with Gasteiger partial charge in [0.2, 0.25) is 5.70 Å². The zero-order valence-electron chi connectivity index (χ0n) is 21.2. The minimum Gasteiger partial charge on any atom is -0.457 e. The van der Waals surface area contributed by atoms with Crippen molar-refractivity contribution in [3.8, 4) is 22.8 Å². The van der Waals surface area contributed by atoms with E-state index in [0.717, 1.165) is 37.0 Å². The Labute approximate surface area is 224 Å². The lowest BCUT2D eigenvalue weighted by Crippen LogP contribution is -2.41. The molecule has 1 aliphatic heterocycles. The van der Waals surface area contributed by atoms with Crippen molar-refractivity contribution in [2.75, 3.05) is 18.8 Å². The van der Waals surface area contributed by atoms with Crippen LogP contribution in [0.4, 0.5) is 5.82 Å². The number of ether oxygens (including phenoxy) is 1. The van der Waals surface area contributed by atoms with Gasteiger partial charge in [-0.2, -0.15) is 10.2 Å². The Bertz CT molecular complexity index is 1660. The number of rotatable bonds is 6. The van der Waals surface area contributed by atoms with Crippen LogP contribution in [0.25, 0.3) is 27.0 Å². The molecule has 1 saturated carbocycles. The van der Waals surface area contributed by atoms with Crippen LogP contribution in [0, 0.1) is 12.5 Å². The molecule has 1 aliphatic carbocycles. The van der Waals surface area contributed by atoms with Gasteiger partial charge in [0, 0.05) is 18.7 Å². The maximum absolute atomic E-state index is 13.1. The van der Waals surface area contributed by atoms with Gasteiger partial charge in [0.1, 0.15) is 22.7 Å². The van der Waals surface area contributed by atoms with Gasteiger partial charge >= 0.3 is 0 Å². The Balaban J connectivity index is 1.34. The van der Waals surface area contributed by atoms with Gasteiger partial charge in [-0.3, -0.25) is 14.3 Å². The Hall–Kier alpha value is -4.91. The molecule has 6 rings (SSSR count). The molecule has 0 spiro atoms. The van der Waals surface area contributed by atoms with E-state index in [9.17, 15) is 9.59 Å². The van der Waals surface area contributed by atoms with Gasteiger partial charge in [0.15, 0.2) is 5.82 Å². The van der Waals surface area contributed by atoms with E-state index in [2.05, 4.69) is 15.0 Å². The molecule has 10 heteroatoms. The van der Waals surface area contributed by atoms with Crippen molar-refractivity contribution in [2.24, 2.45) is 5.92 Å². The zero-order valence-corrected chi connectivity index (χ0v) is 21.2. The van der Waals surface area contributed by atoms with Crippen LogP contribution in [0.3, 0.4) is 0 Å². The minimum absolute atomic E-state index is 0.168. The molecule has 1 saturated heterocycles. The number of nitrogens with zero attached hydrogens (tertiary/aromatic N) is 5. The lowest BCUT2D eigenvalue weighted by molar-refractivity contribution is -0.128. The predicted octanol–water partition coefficient (Wildman–Crippen LogP) is 4.54. The van der Waals surface area contributed by atoms with Crippen LogP contribution in [0.2, 0.25) is 0 Å². The summed E-state index contributed by atoms with van der Waals surface area (Å²) < 4.78 is 7.59. The highest BCUT2D eigenvalue weighted by Gasteiger charge is 2.31. The number of anilines is 1. The number of hydrogen-bond acceptors (Lipinski definition) is 6. The number of carbonyl (C=O) groups excluding carboxylic acids is 1. The Kier molecular flexibility index (Phi) is 6.32. The molecule has 39 heavy (non-hydrogen) atoms. The number of nitrogens with two attached hydrogens (primary N) is 1. The SMILES string of the molecule is [C-]#[N+]C(=CC1CC1)C(=O)N1CCC[C@@H](n2nc(-c3ccc(Oc4ccccc4)cc3)c3c(N)n[nH]c(=O)c32)C1. The summed E-state index contributed by atoms with van der Waals surface area (Å²) in [7, 11) is 0. The first-order valence-corrected chi connectivity index (χ1v) is 13.0. The van der Waals surface area contributed by atoms with Crippen molar-refractivity contribution >= 4 is 22.6 Å². The van der Waals surface area contributed by atoms with E-state index >= 15 is 0 Å². The van der Waals surface area contributed by atoms with Crippen molar-refractivity contribution in [3.05, 3.63) is 88.1 Å². The number of nitrogen functional groups attached to an aromatic ring is 1. The van der Waals surface area contributed by atoms with E-state index in [1.54, 1.807) is 15.7 Å². The topological polar surface area (TPSA) is 123 Å². The van der Waals surface area contributed by atoms with Gasteiger partial charge in [0.05, 0.1) is 18.0 Å². The fraction of sp³-hybridized carbons (Fsp3) is 0.276. The molecule has 2 aromatic carbocycles. The molecule has 2 aromatic heterocycles. The van der Waals surface area contributed by atoms with E-state index in [4.69, 9.17) is 22.1 Å². The van der Waals surface area contributed by atoms with Crippen LogP contribution in [0.5, 0.6) is 11.5 Å². The number of benzene rings is 2. The standard InChI is InChI=1S/C29H27N7O3/c1-31-23(16-18-9-10-18)29(38)35-15-5-6-20(17-35)36-26-24(27(30)32-33-28(26)37)25(34-36)19-11-13-22(14-12-19)39-21-7-3-2-4-8-21/h2-4,7-8,11-14,16,18,20H,5-6,9-10,15,17H2,(H2,30,32)(H,33,37)/t20-/m1/s1. The highest BCUT2D eigenvalue weighted by Crippen LogP contribution is 2.35. The average molecular weight is 522 g/mol. The number of para-hydroxylation sites is 1. The minimum atomic E-state index is -0.402. The van der Waals surface area contributed by atoms with E-state index in [0.29, 0.717) is 41.4 Å². The molecule has 0 bridgehead atoms. The van der Waals surface area contributed by atoms with Gasteiger partial charge in [-0.1, -0.05) is 24.3 Å². The van der Waals surface area contributed by atoms with Crippen molar-refractivity contribution < 1.29 is 9.53 Å². The lowest BCUT2D eigenvalue weighted by atomic mass is 10.0. The van der Waals surface area contributed by atoms with E-state index in [-0.39, 0.29) is 23.5 Å². The second-order valence-electron chi connectivity index (χ2n) is 9.94. The molecule has 1 atom stereocenters. The summed E-state index contributed by atoms with van der Waals surface area (Å²) >= 11 is 0. The third-order valence-electron chi connectivity index (χ3n) is 7.15. The van der Waals surface area contributed by atoms with Gasteiger partial charge in [0.25, 0.3) is 11.5 Å². The van der Waals surface area contributed by atoms with Crippen LogP contribution in [0.15, 0.2) is 71.2 Å². The van der Waals surface area contributed by atoms with Gasteiger partial charge in [-0.05, 0) is 68.0 Å². The quantitative estimate of drug-likeness (QED) is 0.284. The monoisotopic (exact) mass is 521 g/mol. The maximum atomic E-state index is 13.1. The maximum Gasteiger partial charge on any atom is 0.290 e. The molecule has 0 unspecified atom stereocenters. The number of aromatic nitrogens is 4. The number of allylic oxidation sites excluding steroid dienone is 1. The van der Waals surface area contributed by atoms with Crippen LogP contribution < -0.4 is 16.0 Å². The number of nitrogens with one attached hydrogen (secondary N) is 1. The fourth-order valence-corrected chi connectivity index (χ4v) is 5.03. The second kappa shape index (κ2) is 10.1. The smallest absolute Gasteiger partial charge is 0.290 e. The average Bonchev–Trinajstić information content (AvgIpc) is 3.70. The van der Waals surface area contributed by atoms with Gasteiger partial charge in [-0.15, -0.1) is 0 Å². The summed E-state index contributed by atoms with van der Waals surface area (Å²) in [6.07, 6.45) is 5.29. The van der Waals surface area contributed by atoms with E-state index < -0.39 is 5.56 Å². The first-order valence-electron chi connectivity index (χ1n) is 13.0. The second-order valence-corrected chi connectivity index (χ2v) is 9.94. The highest BCUT2D eigenvalue weighted by atomic mass is 16.5. The van der Waals surface area contributed by atoms with Crippen molar-refractivity contribution in [1.82, 2.24) is 24.9 Å². The molecule has 3 heterocycles. The molecule has 2 fully saturated rings. The van der Waals surface area contributed by atoms with Crippen molar-refractivity contribution in [1.29, 1.82) is 0 Å². The number of hydrogen-bond donors (Lipinski definition) is 2. The Morgan fingerprint density at radius 3 is 2.56 bits per heavy atom. The van der Waals surface area contributed by atoms with Crippen LogP contribution in [-0.4, -0.2) is 43.9 Å². The predicted molar refractivity (Wildman–Crippen MR) is 147 cm³/mol. The fourth-order valence-electron chi connectivity index (χ4n) is 5.03. The van der Waals surface area contributed by atoms with Crippen LogP contribution >= 0.6 is 0 Å². The lowest BCUT2D eigenvalue weighted by Gasteiger charge is -2.33. The zero-order chi connectivity index (χ0) is 26.9. The van der Waals surface area contributed by atoms with Gasteiger partial charge in [-0.25, -0.2) is 9.94 Å². The summed E-state index contributed by atoms with van der Waals surface area (Å²) in [4.78, 5) is 31.4. The molecule has 1 amide bonds. The summed E-state index contributed by atoms with van der Waals surface area (Å²) in [6.45, 7) is 8.40. The summed E-state index contributed by atoms with van der Waals surface area (Å²) in [5, 5.41) is 11.8. The molecule has 3 N–H and O–H groups in total. The van der Waals surface area contributed by atoms with Gasteiger partial charge < -0.3 is 15.4 Å². The molecule has 4 aromatic rings. The molecular weight excluding hydrogens is 494 g/mol. The molecular formula is C29H27N7O3. The van der Waals surface area contributed by atoms with Crippen LogP contribution in [0.1, 0.15) is 31.7 Å². The molecule has 196 valence electrons. The van der Waals surface area contributed by atoms with Crippen molar-refractivity contribution in [3.63, 3.8) is 0 Å². The molecule has 0 radical (unpaired) electrons. The third-order valence-corrected chi connectivity index (χ3v) is 7.15. The Morgan fingerprint density at radius 1 is 1.10 bits per heavy atom. The number of likely N-dealkylation sites (tertiary alicyclic amines) is 1. The number of amides is 1. The number of aromatic amines is 1. The number of fused-ring (bicyclic) bond motifs is 1. The van der Waals surface area contributed by atoms with Crippen molar-refractivity contribution in [2.45, 2.75) is 31.7 Å². The van der Waals surface area contributed by atoms with Crippen LogP contribution in [-0.2, 0) is 4.79 Å². The highest BCUT2D eigenvalue weighted by molar-refractivity contribution is 5.99. The molecule has 2 aliphatic rings. The number of carbonyl (C=O) groups is 1. The van der Waals surface area contributed by atoms with E-state index in [1.807, 2.05) is 54.6 Å². The normalized spacial score (nSPS) is 17.7. The molecule has 10 nitrogen and oxygen atoms in total. The number of H-pyrrole nitrogens is 1. The Morgan fingerprint density at radius 2 is 1.85 bits per heavy atom. The largest absolute Gasteiger partial charge is 0.457 e.